The number of ether oxygens (including phenoxy) is 1. The minimum atomic E-state index is -0.261. The van der Waals surface area contributed by atoms with Crippen LogP contribution in [0.1, 0.15) is 43.9 Å². The summed E-state index contributed by atoms with van der Waals surface area (Å²) < 4.78 is 24.7. The highest BCUT2D eigenvalue weighted by molar-refractivity contribution is 5.78. The summed E-state index contributed by atoms with van der Waals surface area (Å²) in [7, 11) is 0. The van der Waals surface area contributed by atoms with E-state index < -0.39 is 0 Å². The van der Waals surface area contributed by atoms with E-state index in [4.69, 9.17) is 15.0 Å². The average molecular weight is 292 g/mol. The number of furan rings is 1. The molecule has 1 aliphatic rings. The van der Waals surface area contributed by atoms with Gasteiger partial charge in [0.05, 0.1) is 12.1 Å². The summed E-state index contributed by atoms with van der Waals surface area (Å²) in [5.74, 6) is 6.13. The highest BCUT2D eigenvalue weighted by Crippen LogP contribution is 2.28. The second-order valence-electron chi connectivity index (χ2n) is 5.62. The second-order valence-corrected chi connectivity index (χ2v) is 5.62. The molecule has 21 heavy (non-hydrogen) atoms. The quantitative estimate of drug-likeness (QED) is 0.655. The molecule has 0 bridgehead atoms. The highest BCUT2D eigenvalue weighted by atomic mass is 19.1. The third kappa shape index (κ3) is 3.43. The normalized spacial score (nSPS) is 20.8. The Morgan fingerprint density at radius 1 is 1.33 bits per heavy atom. The molecule has 0 radical (unpaired) electrons. The number of rotatable bonds is 5. The lowest BCUT2D eigenvalue weighted by Crippen LogP contribution is -2.29. The van der Waals surface area contributed by atoms with Gasteiger partial charge in [-0.05, 0) is 56.4 Å². The lowest BCUT2D eigenvalue weighted by atomic mass is 10.0. The molecule has 3 rings (SSSR count). The van der Waals surface area contributed by atoms with Gasteiger partial charge in [0.15, 0.2) is 0 Å². The van der Waals surface area contributed by atoms with Gasteiger partial charge in [-0.25, -0.2) is 9.82 Å². The Morgan fingerprint density at radius 2 is 2.24 bits per heavy atom. The summed E-state index contributed by atoms with van der Waals surface area (Å²) in [6.07, 6.45) is 5.60. The Labute approximate surface area is 123 Å². The standard InChI is InChI=1S/C16H21FN2O2/c17-12-4-7-15-11(9-12)10-16(21-15)14(19-18)6-5-13-3-1-2-8-20-13/h4,7,9-10,13-14,19H,1-3,5-6,8,18H2. The minimum absolute atomic E-state index is 0.0778. The molecule has 2 unspecified atom stereocenters. The van der Waals surface area contributed by atoms with Crippen molar-refractivity contribution in [3.05, 3.63) is 35.8 Å². The van der Waals surface area contributed by atoms with E-state index in [9.17, 15) is 4.39 Å². The monoisotopic (exact) mass is 292 g/mol. The fourth-order valence-electron chi connectivity index (χ4n) is 2.90. The van der Waals surface area contributed by atoms with Crippen molar-refractivity contribution in [3.8, 4) is 0 Å². The van der Waals surface area contributed by atoms with Crippen molar-refractivity contribution in [3.63, 3.8) is 0 Å². The number of hydrogen-bond acceptors (Lipinski definition) is 4. The zero-order valence-electron chi connectivity index (χ0n) is 12.0. The fourth-order valence-corrected chi connectivity index (χ4v) is 2.90. The van der Waals surface area contributed by atoms with Crippen molar-refractivity contribution in [2.75, 3.05) is 6.61 Å². The first-order valence-electron chi connectivity index (χ1n) is 7.53. The molecule has 114 valence electrons. The average Bonchev–Trinajstić information content (AvgIpc) is 2.92. The van der Waals surface area contributed by atoms with Gasteiger partial charge in [-0.15, -0.1) is 0 Å². The zero-order chi connectivity index (χ0) is 14.7. The number of nitrogens with two attached hydrogens (primary N) is 1. The summed E-state index contributed by atoms with van der Waals surface area (Å²) in [5.41, 5.74) is 3.47. The molecule has 1 fully saturated rings. The van der Waals surface area contributed by atoms with Gasteiger partial charge in [0, 0.05) is 12.0 Å². The zero-order valence-corrected chi connectivity index (χ0v) is 12.0. The summed E-state index contributed by atoms with van der Waals surface area (Å²) >= 11 is 0. The van der Waals surface area contributed by atoms with Crippen LogP contribution < -0.4 is 11.3 Å². The first-order valence-corrected chi connectivity index (χ1v) is 7.53. The lowest BCUT2D eigenvalue weighted by molar-refractivity contribution is 0.00823. The van der Waals surface area contributed by atoms with Crippen LogP contribution in [0.5, 0.6) is 0 Å². The fraction of sp³-hybridized carbons (Fsp3) is 0.500. The van der Waals surface area contributed by atoms with Gasteiger partial charge in [0.2, 0.25) is 0 Å². The molecule has 3 N–H and O–H groups in total. The highest BCUT2D eigenvalue weighted by Gasteiger charge is 2.19. The van der Waals surface area contributed by atoms with Crippen LogP contribution in [0, 0.1) is 5.82 Å². The third-order valence-electron chi connectivity index (χ3n) is 4.09. The van der Waals surface area contributed by atoms with Gasteiger partial charge >= 0.3 is 0 Å². The van der Waals surface area contributed by atoms with Crippen LogP contribution in [0.3, 0.4) is 0 Å². The van der Waals surface area contributed by atoms with Gasteiger partial charge in [-0.3, -0.25) is 5.84 Å². The molecule has 1 aliphatic heterocycles. The molecule has 0 amide bonds. The number of nitrogens with one attached hydrogen (secondary N) is 1. The van der Waals surface area contributed by atoms with Crippen LogP contribution in [0.15, 0.2) is 28.7 Å². The Kier molecular flexibility index (Phi) is 4.53. The number of fused-ring (bicyclic) bond motifs is 1. The largest absolute Gasteiger partial charge is 0.459 e. The third-order valence-corrected chi connectivity index (χ3v) is 4.09. The van der Waals surface area contributed by atoms with Crippen LogP contribution in [0.2, 0.25) is 0 Å². The molecule has 2 heterocycles. The van der Waals surface area contributed by atoms with E-state index in [1.165, 1.54) is 18.6 Å². The van der Waals surface area contributed by atoms with Crippen LogP contribution in [0.25, 0.3) is 11.0 Å². The number of hydrogen-bond donors (Lipinski definition) is 2. The maximum atomic E-state index is 13.2. The summed E-state index contributed by atoms with van der Waals surface area (Å²) in [6.45, 7) is 0.856. The number of benzene rings is 1. The predicted molar refractivity (Wildman–Crippen MR) is 79.1 cm³/mol. The molecule has 4 nitrogen and oxygen atoms in total. The van der Waals surface area contributed by atoms with E-state index in [1.807, 2.05) is 6.07 Å². The van der Waals surface area contributed by atoms with E-state index in [-0.39, 0.29) is 11.9 Å². The Balaban J connectivity index is 1.68. The van der Waals surface area contributed by atoms with E-state index in [0.29, 0.717) is 11.7 Å². The van der Waals surface area contributed by atoms with Crippen LogP contribution in [0.4, 0.5) is 4.39 Å². The topological polar surface area (TPSA) is 60.4 Å². The molecule has 2 atom stereocenters. The molecule has 0 saturated carbocycles. The first kappa shape index (κ1) is 14.5. The van der Waals surface area contributed by atoms with Crippen molar-refractivity contribution in [1.82, 2.24) is 5.43 Å². The van der Waals surface area contributed by atoms with E-state index in [0.717, 1.165) is 43.4 Å². The van der Waals surface area contributed by atoms with Gasteiger partial charge < -0.3 is 9.15 Å². The second kappa shape index (κ2) is 6.56. The maximum Gasteiger partial charge on any atom is 0.134 e. The van der Waals surface area contributed by atoms with Crippen molar-refractivity contribution in [2.24, 2.45) is 5.84 Å². The van der Waals surface area contributed by atoms with Gasteiger partial charge in [-0.1, -0.05) is 0 Å². The summed E-state index contributed by atoms with van der Waals surface area (Å²) in [6, 6.07) is 6.29. The van der Waals surface area contributed by atoms with E-state index in [2.05, 4.69) is 5.43 Å². The van der Waals surface area contributed by atoms with E-state index >= 15 is 0 Å². The van der Waals surface area contributed by atoms with Crippen LogP contribution in [-0.4, -0.2) is 12.7 Å². The van der Waals surface area contributed by atoms with Gasteiger partial charge in [0.1, 0.15) is 17.2 Å². The molecule has 1 aromatic carbocycles. The molecular weight excluding hydrogens is 271 g/mol. The first-order chi connectivity index (χ1) is 10.3. The van der Waals surface area contributed by atoms with Crippen molar-refractivity contribution < 1.29 is 13.5 Å². The van der Waals surface area contributed by atoms with Crippen LogP contribution in [-0.2, 0) is 4.74 Å². The van der Waals surface area contributed by atoms with Crippen molar-refractivity contribution >= 4 is 11.0 Å². The smallest absolute Gasteiger partial charge is 0.134 e. The Bertz CT molecular complexity index is 593. The molecule has 1 saturated heterocycles. The van der Waals surface area contributed by atoms with Crippen LogP contribution >= 0.6 is 0 Å². The molecule has 0 aliphatic carbocycles. The number of hydrazine groups is 1. The SMILES string of the molecule is NNC(CCC1CCCCO1)c1cc2cc(F)ccc2o1. The van der Waals surface area contributed by atoms with Gasteiger partial charge in [-0.2, -0.15) is 0 Å². The molecule has 0 spiro atoms. The van der Waals surface area contributed by atoms with E-state index in [1.54, 1.807) is 6.07 Å². The van der Waals surface area contributed by atoms with Gasteiger partial charge in [0.25, 0.3) is 0 Å². The minimum Gasteiger partial charge on any atom is -0.459 e. The Hall–Kier alpha value is -1.43. The van der Waals surface area contributed by atoms with Crippen molar-refractivity contribution in [2.45, 2.75) is 44.2 Å². The lowest BCUT2D eigenvalue weighted by Gasteiger charge is -2.24. The molecule has 5 heteroatoms. The number of halogens is 1. The van der Waals surface area contributed by atoms with Crippen molar-refractivity contribution in [1.29, 1.82) is 0 Å². The Morgan fingerprint density at radius 3 is 3.00 bits per heavy atom. The summed E-state index contributed by atoms with van der Waals surface area (Å²) in [5, 5.41) is 0.763. The summed E-state index contributed by atoms with van der Waals surface area (Å²) in [4.78, 5) is 0. The molecule has 1 aromatic heterocycles. The molecule has 2 aromatic rings. The maximum absolute atomic E-state index is 13.2. The predicted octanol–water partition coefficient (Wildman–Crippen LogP) is 3.43. The molecular formula is C16H21FN2O2.